The van der Waals surface area contributed by atoms with Crippen LogP contribution in [0.5, 0.6) is 0 Å². The van der Waals surface area contributed by atoms with E-state index in [4.69, 9.17) is 17.5 Å². The van der Waals surface area contributed by atoms with Crippen molar-refractivity contribution in [3.05, 3.63) is 0 Å². The van der Waals surface area contributed by atoms with Crippen molar-refractivity contribution in [1.82, 2.24) is 0 Å². The first kappa shape index (κ1) is 16.4. The summed E-state index contributed by atoms with van der Waals surface area (Å²) >= 11 is 0. The SMILES string of the molecule is NON.O=S(=O)(O)O.[NaH]. The van der Waals surface area contributed by atoms with E-state index in [-0.39, 0.29) is 29.6 Å². The molecule has 0 aromatic carbocycles. The van der Waals surface area contributed by atoms with E-state index < -0.39 is 10.4 Å². The fourth-order valence-electron chi connectivity index (χ4n) is 0. The van der Waals surface area contributed by atoms with Gasteiger partial charge in [0.2, 0.25) is 0 Å². The molecule has 0 aliphatic heterocycles. The zero-order valence-corrected chi connectivity index (χ0v) is 4.50. The summed E-state index contributed by atoms with van der Waals surface area (Å²) in [6.45, 7) is 0. The maximum atomic E-state index is 8.74. The minimum absolute atomic E-state index is 0. The normalized spacial score (nSPS) is 8.44. The van der Waals surface area contributed by atoms with Gasteiger partial charge in [-0.1, -0.05) is 0 Å². The van der Waals surface area contributed by atoms with Gasteiger partial charge in [0.15, 0.2) is 0 Å². The van der Waals surface area contributed by atoms with Crippen molar-refractivity contribution in [2.45, 2.75) is 0 Å². The van der Waals surface area contributed by atoms with Crippen LogP contribution in [-0.2, 0) is 15.3 Å². The molecule has 0 bridgehead atoms. The quantitative estimate of drug-likeness (QED) is 0.178. The molecular weight excluding hydrogens is 163 g/mol. The monoisotopic (exact) mass is 170 g/mol. The van der Waals surface area contributed by atoms with Gasteiger partial charge in [0.25, 0.3) is 0 Å². The standard InChI is InChI=1S/H4N2O.Na.H2O4S.H/c1-3-2;;1-5(2,3)4;/h1-2H2;;(H2,1,2,3,4);. The van der Waals surface area contributed by atoms with Crippen molar-refractivity contribution >= 4 is 40.0 Å². The summed E-state index contributed by atoms with van der Waals surface area (Å²) in [5.74, 6) is 8.25. The molecule has 9 heavy (non-hydrogen) atoms. The molecule has 0 unspecified atom stereocenters. The molecule has 0 heterocycles. The van der Waals surface area contributed by atoms with Crippen LogP contribution in [0, 0.1) is 0 Å². The Morgan fingerprint density at radius 3 is 1.22 bits per heavy atom. The van der Waals surface area contributed by atoms with Gasteiger partial charge in [0.1, 0.15) is 0 Å². The zero-order valence-electron chi connectivity index (χ0n) is 3.68. The van der Waals surface area contributed by atoms with Gasteiger partial charge in [-0.15, -0.1) is 0 Å². The van der Waals surface area contributed by atoms with E-state index in [0.29, 0.717) is 0 Å². The molecule has 7 nitrogen and oxygen atoms in total. The molecule has 0 spiro atoms. The second-order valence-electron chi connectivity index (χ2n) is 0.584. The number of rotatable bonds is 0. The second-order valence-corrected chi connectivity index (χ2v) is 1.48. The Kier molecular flexibility index (Phi) is 15.9. The second kappa shape index (κ2) is 8.75. The third-order valence-corrected chi connectivity index (χ3v) is 0. The molecule has 0 fully saturated rings. The van der Waals surface area contributed by atoms with Gasteiger partial charge in [-0.3, -0.25) is 9.11 Å². The topological polar surface area (TPSA) is 136 Å². The summed E-state index contributed by atoms with van der Waals surface area (Å²) in [5, 5.41) is 0. The van der Waals surface area contributed by atoms with Crippen LogP contribution in [-0.4, -0.2) is 47.1 Å². The van der Waals surface area contributed by atoms with Crippen LogP contribution in [0.1, 0.15) is 0 Å². The minimum atomic E-state index is -4.67. The predicted molar refractivity (Wildman–Crippen MR) is 30.8 cm³/mol. The fourth-order valence-corrected chi connectivity index (χ4v) is 0. The van der Waals surface area contributed by atoms with Crippen LogP contribution in [0.2, 0.25) is 0 Å². The third-order valence-electron chi connectivity index (χ3n) is 0. The first-order valence-corrected chi connectivity index (χ1v) is 2.57. The Labute approximate surface area is 74.1 Å². The van der Waals surface area contributed by atoms with E-state index in [1.165, 1.54) is 0 Å². The summed E-state index contributed by atoms with van der Waals surface area (Å²) in [6.07, 6.45) is 0. The van der Waals surface area contributed by atoms with Gasteiger partial charge in [-0.2, -0.15) is 20.2 Å². The van der Waals surface area contributed by atoms with Gasteiger partial charge >= 0.3 is 40.0 Å². The zero-order chi connectivity index (χ0) is 7.21. The molecule has 0 saturated carbocycles. The summed E-state index contributed by atoms with van der Waals surface area (Å²) in [7, 11) is -4.67. The van der Waals surface area contributed by atoms with E-state index in [2.05, 4.69) is 16.7 Å². The number of nitrogens with two attached hydrogens (primary N) is 2. The molecule has 0 aromatic rings. The van der Waals surface area contributed by atoms with E-state index in [0.717, 1.165) is 0 Å². The van der Waals surface area contributed by atoms with Gasteiger partial charge in [-0.05, 0) is 0 Å². The molecule has 6 N–H and O–H groups in total. The first-order valence-electron chi connectivity index (χ1n) is 1.17. The Morgan fingerprint density at radius 1 is 1.22 bits per heavy atom. The van der Waals surface area contributed by atoms with Crippen LogP contribution < -0.4 is 11.8 Å². The van der Waals surface area contributed by atoms with E-state index in [9.17, 15) is 0 Å². The van der Waals surface area contributed by atoms with Crippen molar-refractivity contribution in [1.29, 1.82) is 0 Å². The maximum absolute atomic E-state index is 8.74. The molecule has 0 aliphatic rings. The van der Waals surface area contributed by atoms with Gasteiger partial charge in [-0.25, -0.2) is 4.94 Å². The van der Waals surface area contributed by atoms with Crippen molar-refractivity contribution in [2.24, 2.45) is 11.8 Å². The molecule has 0 amide bonds. The Balaban J connectivity index is -0.0000000800. The Morgan fingerprint density at radius 2 is 1.22 bits per heavy atom. The summed E-state index contributed by atoms with van der Waals surface area (Å²) in [4.78, 5) is 3.25. The van der Waals surface area contributed by atoms with E-state index in [1.54, 1.807) is 0 Å². The fraction of sp³-hybridized carbons (Fsp3) is 0. The summed E-state index contributed by atoms with van der Waals surface area (Å²) < 4.78 is 31.6. The molecular formula is H7N2NaO5S. The van der Waals surface area contributed by atoms with E-state index in [1.807, 2.05) is 0 Å². The van der Waals surface area contributed by atoms with Crippen LogP contribution >= 0.6 is 0 Å². The average Bonchev–Trinajstić information content (AvgIpc) is 1.27. The number of hydrogen-bond acceptors (Lipinski definition) is 5. The van der Waals surface area contributed by atoms with E-state index >= 15 is 0 Å². The van der Waals surface area contributed by atoms with Crippen LogP contribution in [0.4, 0.5) is 0 Å². The third kappa shape index (κ3) is 709. The molecule has 0 aromatic heterocycles. The van der Waals surface area contributed by atoms with Crippen molar-refractivity contribution in [3.8, 4) is 0 Å². The van der Waals surface area contributed by atoms with Crippen molar-refractivity contribution in [2.75, 3.05) is 0 Å². The summed E-state index contributed by atoms with van der Waals surface area (Å²) in [5.41, 5.74) is 0. The average molecular weight is 170 g/mol. The van der Waals surface area contributed by atoms with Gasteiger partial charge in [0.05, 0.1) is 0 Å². The van der Waals surface area contributed by atoms with Crippen LogP contribution in [0.15, 0.2) is 0 Å². The molecule has 0 atom stereocenters. The number of hydrogen-bond donors (Lipinski definition) is 4. The Hall–Kier alpha value is 0.750. The van der Waals surface area contributed by atoms with Gasteiger partial charge < -0.3 is 0 Å². The van der Waals surface area contributed by atoms with Crippen LogP contribution in [0.3, 0.4) is 0 Å². The van der Waals surface area contributed by atoms with Crippen LogP contribution in [0.25, 0.3) is 0 Å². The molecule has 0 radical (unpaired) electrons. The van der Waals surface area contributed by atoms with Crippen molar-refractivity contribution < 1.29 is 22.5 Å². The predicted octanol–water partition coefficient (Wildman–Crippen LogP) is -2.55. The summed E-state index contributed by atoms with van der Waals surface area (Å²) in [6, 6.07) is 0. The molecule has 0 saturated heterocycles. The molecule has 0 aliphatic carbocycles. The van der Waals surface area contributed by atoms with Crippen molar-refractivity contribution in [3.63, 3.8) is 0 Å². The Bertz CT molecular complexity index is 109. The molecule has 0 rings (SSSR count). The molecule has 9 heteroatoms. The first-order chi connectivity index (χ1) is 3.41. The molecule has 54 valence electrons. The van der Waals surface area contributed by atoms with Gasteiger partial charge in [0, 0.05) is 0 Å².